The molecule has 4 heteroatoms. The van der Waals surface area contributed by atoms with Crippen LogP contribution in [0.25, 0.3) is 22.6 Å². The molecule has 0 fully saturated rings. The number of nitrogens with one attached hydrogen (secondary N) is 1. The van der Waals surface area contributed by atoms with Crippen molar-refractivity contribution in [2.45, 2.75) is 20.5 Å². The van der Waals surface area contributed by atoms with Crippen molar-refractivity contribution in [1.82, 2.24) is 9.97 Å². The van der Waals surface area contributed by atoms with Crippen molar-refractivity contribution in [3.63, 3.8) is 0 Å². The summed E-state index contributed by atoms with van der Waals surface area (Å²) in [5, 5.41) is 0. The number of imidazole rings is 1. The van der Waals surface area contributed by atoms with Crippen LogP contribution in [0.15, 0.2) is 72.9 Å². The van der Waals surface area contributed by atoms with Crippen molar-refractivity contribution >= 4 is 0 Å². The highest BCUT2D eigenvalue weighted by Gasteiger charge is 2.09. The maximum Gasteiger partial charge on any atom is 0.138 e. The van der Waals surface area contributed by atoms with Gasteiger partial charge in [-0.2, -0.15) is 0 Å². The molecule has 0 aliphatic heterocycles. The molecule has 0 unspecified atom stereocenters. The van der Waals surface area contributed by atoms with Crippen LogP contribution in [-0.2, 0) is 6.61 Å². The van der Waals surface area contributed by atoms with Gasteiger partial charge in [-0.25, -0.2) is 9.37 Å². The van der Waals surface area contributed by atoms with Gasteiger partial charge >= 0.3 is 0 Å². The van der Waals surface area contributed by atoms with Gasteiger partial charge in [-0.15, -0.1) is 0 Å². The van der Waals surface area contributed by atoms with Gasteiger partial charge in [0.1, 0.15) is 24.0 Å². The third kappa shape index (κ3) is 3.96. The lowest BCUT2D eigenvalue weighted by Crippen LogP contribution is -1.97. The van der Waals surface area contributed by atoms with E-state index in [0.717, 1.165) is 33.7 Å². The van der Waals surface area contributed by atoms with Crippen LogP contribution in [0.2, 0.25) is 0 Å². The average Bonchev–Trinajstić information content (AvgIpc) is 3.19. The minimum Gasteiger partial charge on any atom is -0.489 e. The second-order valence-electron chi connectivity index (χ2n) is 6.90. The Balaban J connectivity index is 1.50. The number of aryl methyl sites for hydroxylation is 2. The molecule has 3 aromatic carbocycles. The lowest BCUT2D eigenvalue weighted by Gasteiger charge is -2.10. The van der Waals surface area contributed by atoms with Gasteiger partial charge in [-0.1, -0.05) is 29.8 Å². The number of halogens is 1. The molecule has 0 bridgehead atoms. The van der Waals surface area contributed by atoms with Gasteiger partial charge in [0, 0.05) is 17.3 Å². The normalized spacial score (nSPS) is 10.8. The standard InChI is InChI=1S/C24H21FN2O/c1-16-3-5-18(6-4-16)15-28-23-12-9-20(13-17(23)2)22-14-26-24(27-22)19-7-10-21(25)11-8-19/h3-14H,15H2,1-2H3,(H,26,27). The van der Waals surface area contributed by atoms with E-state index in [0.29, 0.717) is 12.4 Å². The Hall–Kier alpha value is -3.40. The molecule has 0 aliphatic rings. The molecule has 140 valence electrons. The molecular formula is C24H21FN2O. The molecule has 1 heterocycles. The van der Waals surface area contributed by atoms with Gasteiger partial charge in [0.25, 0.3) is 0 Å². The molecule has 0 spiro atoms. The number of benzene rings is 3. The van der Waals surface area contributed by atoms with Gasteiger partial charge < -0.3 is 9.72 Å². The molecule has 1 N–H and O–H groups in total. The molecule has 0 amide bonds. The average molecular weight is 372 g/mol. The fourth-order valence-corrected chi connectivity index (χ4v) is 3.04. The van der Waals surface area contributed by atoms with E-state index in [2.05, 4.69) is 47.2 Å². The van der Waals surface area contributed by atoms with E-state index >= 15 is 0 Å². The highest BCUT2D eigenvalue weighted by atomic mass is 19.1. The van der Waals surface area contributed by atoms with Crippen molar-refractivity contribution in [3.8, 4) is 28.4 Å². The van der Waals surface area contributed by atoms with E-state index in [1.54, 1.807) is 12.1 Å². The summed E-state index contributed by atoms with van der Waals surface area (Å²) in [6, 6.07) is 20.7. The van der Waals surface area contributed by atoms with Crippen LogP contribution in [0.4, 0.5) is 4.39 Å². The van der Waals surface area contributed by atoms with Gasteiger partial charge in [-0.05, 0) is 67.4 Å². The summed E-state index contributed by atoms with van der Waals surface area (Å²) in [6.07, 6.45) is 1.86. The van der Waals surface area contributed by atoms with Gasteiger partial charge in [-0.3, -0.25) is 0 Å². The molecule has 3 nitrogen and oxygen atoms in total. The van der Waals surface area contributed by atoms with Crippen LogP contribution in [0.5, 0.6) is 5.75 Å². The topological polar surface area (TPSA) is 37.9 Å². The first-order chi connectivity index (χ1) is 13.6. The number of hydrogen-bond acceptors (Lipinski definition) is 2. The molecule has 0 atom stereocenters. The van der Waals surface area contributed by atoms with Crippen molar-refractivity contribution < 1.29 is 9.13 Å². The summed E-state index contributed by atoms with van der Waals surface area (Å²) in [5.74, 6) is 1.32. The van der Waals surface area contributed by atoms with Crippen LogP contribution in [0.3, 0.4) is 0 Å². The number of rotatable bonds is 5. The SMILES string of the molecule is Cc1ccc(COc2ccc(-c3c[nH]c(-c4ccc(F)cc4)n3)cc2C)cc1. The van der Waals surface area contributed by atoms with Crippen LogP contribution in [-0.4, -0.2) is 9.97 Å². The third-order valence-electron chi connectivity index (χ3n) is 4.68. The molecule has 28 heavy (non-hydrogen) atoms. The second-order valence-corrected chi connectivity index (χ2v) is 6.90. The minimum atomic E-state index is -0.257. The van der Waals surface area contributed by atoms with Gasteiger partial charge in [0.05, 0.1) is 5.69 Å². The fourth-order valence-electron chi connectivity index (χ4n) is 3.04. The van der Waals surface area contributed by atoms with E-state index in [4.69, 9.17) is 4.74 Å². The molecule has 0 radical (unpaired) electrons. The highest BCUT2D eigenvalue weighted by molar-refractivity contribution is 5.66. The summed E-state index contributed by atoms with van der Waals surface area (Å²) in [5.41, 5.74) is 6.13. The summed E-state index contributed by atoms with van der Waals surface area (Å²) in [7, 11) is 0. The predicted octanol–water partition coefficient (Wildman–Crippen LogP) is 6.08. The lowest BCUT2D eigenvalue weighted by atomic mass is 10.1. The summed E-state index contributed by atoms with van der Waals surface area (Å²) >= 11 is 0. The number of H-pyrrole nitrogens is 1. The van der Waals surface area contributed by atoms with Crippen LogP contribution >= 0.6 is 0 Å². The first-order valence-electron chi connectivity index (χ1n) is 9.19. The van der Waals surface area contributed by atoms with Gasteiger partial charge in [0.15, 0.2) is 0 Å². The Labute approximate surface area is 163 Å². The van der Waals surface area contributed by atoms with Crippen LogP contribution in [0.1, 0.15) is 16.7 Å². The van der Waals surface area contributed by atoms with Crippen molar-refractivity contribution in [2.75, 3.05) is 0 Å². The van der Waals surface area contributed by atoms with E-state index in [9.17, 15) is 4.39 Å². The Morgan fingerprint density at radius 1 is 0.893 bits per heavy atom. The van der Waals surface area contributed by atoms with Crippen LogP contribution < -0.4 is 4.74 Å². The summed E-state index contributed by atoms with van der Waals surface area (Å²) < 4.78 is 19.1. The smallest absolute Gasteiger partial charge is 0.138 e. The first-order valence-corrected chi connectivity index (χ1v) is 9.19. The number of ether oxygens (including phenoxy) is 1. The second kappa shape index (κ2) is 7.69. The number of aromatic nitrogens is 2. The van der Waals surface area contributed by atoms with Crippen LogP contribution in [0, 0.1) is 19.7 Å². The Kier molecular flexibility index (Phi) is 4.94. The number of hydrogen-bond donors (Lipinski definition) is 1. The number of aromatic amines is 1. The largest absolute Gasteiger partial charge is 0.489 e. The maximum atomic E-state index is 13.1. The molecule has 1 aromatic heterocycles. The number of nitrogens with zero attached hydrogens (tertiary/aromatic N) is 1. The van der Waals surface area contributed by atoms with Crippen molar-refractivity contribution in [2.24, 2.45) is 0 Å². The van der Waals surface area contributed by atoms with Crippen molar-refractivity contribution in [1.29, 1.82) is 0 Å². The Morgan fingerprint density at radius 3 is 2.32 bits per heavy atom. The minimum absolute atomic E-state index is 0.257. The summed E-state index contributed by atoms with van der Waals surface area (Å²) in [6.45, 7) is 4.64. The molecule has 4 rings (SSSR count). The third-order valence-corrected chi connectivity index (χ3v) is 4.68. The quantitative estimate of drug-likeness (QED) is 0.461. The van der Waals surface area contributed by atoms with E-state index in [-0.39, 0.29) is 5.82 Å². The van der Waals surface area contributed by atoms with Gasteiger partial charge in [0.2, 0.25) is 0 Å². The molecule has 0 saturated carbocycles. The zero-order valence-electron chi connectivity index (χ0n) is 15.9. The van der Waals surface area contributed by atoms with E-state index < -0.39 is 0 Å². The highest BCUT2D eigenvalue weighted by Crippen LogP contribution is 2.27. The fraction of sp³-hybridized carbons (Fsp3) is 0.125. The van der Waals surface area contributed by atoms with E-state index in [1.807, 2.05) is 25.3 Å². The lowest BCUT2D eigenvalue weighted by molar-refractivity contribution is 0.304. The Morgan fingerprint density at radius 2 is 1.61 bits per heavy atom. The van der Waals surface area contributed by atoms with Crippen molar-refractivity contribution in [3.05, 3.63) is 95.4 Å². The predicted molar refractivity (Wildman–Crippen MR) is 110 cm³/mol. The zero-order chi connectivity index (χ0) is 19.5. The molecule has 0 aliphatic carbocycles. The first kappa shape index (κ1) is 18.0. The Bertz CT molecular complexity index is 1080. The molecular weight excluding hydrogens is 351 g/mol. The monoisotopic (exact) mass is 372 g/mol. The van der Waals surface area contributed by atoms with E-state index in [1.165, 1.54) is 17.7 Å². The molecule has 4 aromatic rings. The zero-order valence-corrected chi connectivity index (χ0v) is 15.9. The summed E-state index contributed by atoms with van der Waals surface area (Å²) in [4.78, 5) is 7.79. The maximum absolute atomic E-state index is 13.1. The molecule has 0 saturated heterocycles.